The summed E-state index contributed by atoms with van der Waals surface area (Å²) in [5.74, 6) is -2.96. The van der Waals surface area contributed by atoms with E-state index < -0.39 is 53.4 Å². The van der Waals surface area contributed by atoms with E-state index in [1.807, 2.05) is 0 Å². The van der Waals surface area contributed by atoms with Gasteiger partial charge in [0.25, 0.3) is 0 Å². The summed E-state index contributed by atoms with van der Waals surface area (Å²) in [5, 5.41) is 17.4. The van der Waals surface area contributed by atoms with Crippen molar-refractivity contribution >= 4 is 23.6 Å². The summed E-state index contributed by atoms with van der Waals surface area (Å²) in [5.41, 5.74) is -0.754. The number of hydrogen-bond acceptors (Lipinski definition) is 5. The first-order valence-corrected chi connectivity index (χ1v) is 15.1. The Balaban J connectivity index is 1.28. The number of rotatable bonds is 7. The molecule has 12 heteroatoms. The number of piperidine rings is 2. The normalized spacial score (nSPS) is 38.6. The van der Waals surface area contributed by atoms with Gasteiger partial charge in [0.2, 0.25) is 17.7 Å². The van der Waals surface area contributed by atoms with Crippen LogP contribution in [0.4, 0.5) is 13.2 Å². The van der Waals surface area contributed by atoms with Gasteiger partial charge in [-0.2, -0.15) is 18.4 Å². The van der Waals surface area contributed by atoms with Crippen molar-refractivity contribution in [1.82, 2.24) is 20.9 Å². The highest BCUT2D eigenvalue weighted by molar-refractivity contribution is 5.94. The Morgan fingerprint density at radius 3 is 2.12 bits per heavy atom. The van der Waals surface area contributed by atoms with Gasteiger partial charge in [-0.05, 0) is 101 Å². The van der Waals surface area contributed by atoms with E-state index in [1.165, 1.54) is 4.90 Å². The summed E-state index contributed by atoms with van der Waals surface area (Å²) < 4.78 is 40.7. The first-order chi connectivity index (χ1) is 19.5. The fourth-order valence-electron chi connectivity index (χ4n) is 9.73. The molecule has 8 rings (SSSR count). The summed E-state index contributed by atoms with van der Waals surface area (Å²) in [4.78, 5) is 54.1. The van der Waals surface area contributed by atoms with Crippen molar-refractivity contribution in [2.24, 2.45) is 35.0 Å². The van der Waals surface area contributed by atoms with Crippen LogP contribution in [0.5, 0.6) is 0 Å². The van der Waals surface area contributed by atoms with Gasteiger partial charge in [0, 0.05) is 23.9 Å². The Morgan fingerprint density at radius 2 is 1.61 bits per heavy atom. The van der Waals surface area contributed by atoms with E-state index in [0.29, 0.717) is 75.7 Å². The molecule has 8 fully saturated rings. The summed E-state index contributed by atoms with van der Waals surface area (Å²) in [6.45, 7) is 0.514. The molecule has 0 unspecified atom stereocenters. The lowest BCUT2D eigenvalue weighted by atomic mass is 9.47. The van der Waals surface area contributed by atoms with Gasteiger partial charge in [-0.15, -0.1) is 0 Å². The molecule has 0 radical (unpaired) electrons. The summed E-state index contributed by atoms with van der Waals surface area (Å²) in [6.07, 6.45) is 3.13. The van der Waals surface area contributed by atoms with Crippen LogP contribution in [0.2, 0.25) is 0 Å². The molecule has 3 heterocycles. The van der Waals surface area contributed by atoms with Gasteiger partial charge in [0.1, 0.15) is 18.1 Å². The van der Waals surface area contributed by atoms with Crippen LogP contribution < -0.4 is 16.0 Å². The Morgan fingerprint density at radius 1 is 1.00 bits per heavy atom. The van der Waals surface area contributed by atoms with Gasteiger partial charge in [-0.1, -0.05) is 0 Å². The van der Waals surface area contributed by atoms with E-state index in [0.717, 1.165) is 19.3 Å². The lowest BCUT2D eigenvalue weighted by Gasteiger charge is -2.60. The Hall–Kier alpha value is -2.84. The molecule has 3 N–H and O–H groups in total. The Labute approximate surface area is 237 Å². The molecule has 224 valence electrons. The van der Waals surface area contributed by atoms with Crippen LogP contribution in [0.1, 0.15) is 77.0 Å². The SMILES string of the molecule is N#C[C@H](C[C@@H]1CCNC1=O)NC(=O)[C@@H]1[C@H]2CC[C@H](CC2)N1C(=O)[C@@H](NC(=O)C(F)(F)F)C12CC3CC(CC(C3)C1)C2. The number of nitrogens with zero attached hydrogens (tertiary/aromatic N) is 2. The third-order valence-corrected chi connectivity index (χ3v) is 11.0. The largest absolute Gasteiger partial charge is 0.471 e. The topological polar surface area (TPSA) is 131 Å². The number of fused-ring (bicyclic) bond motifs is 3. The van der Waals surface area contributed by atoms with Crippen LogP contribution in [0.25, 0.3) is 0 Å². The van der Waals surface area contributed by atoms with E-state index in [-0.39, 0.29) is 24.3 Å². The minimum atomic E-state index is -5.13. The van der Waals surface area contributed by atoms with E-state index in [1.54, 1.807) is 0 Å². The van der Waals surface area contributed by atoms with Gasteiger partial charge >= 0.3 is 12.1 Å². The number of halogens is 3. The summed E-state index contributed by atoms with van der Waals surface area (Å²) in [6, 6.07) is -1.47. The molecule has 4 amide bonds. The van der Waals surface area contributed by atoms with Gasteiger partial charge in [-0.25, -0.2) is 0 Å². The first-order valence-electron chi connectivity index (χ1n) is 15.1. The summed E-state index contributed by atoms with van der Waals surface area (Å²) >= 11 is 0. The Bertz CT molecular complexity index is 1110. The van der Waals surface area contributed by atoms with E-state index in [4.69, 9.17) is 0 Å². The van der Waals surface area contributed by atoms with Crippen LogP contribution in [0.3, 0.4) is 0 Å². The number of nitrogens with one attached hydrogen (secondary N) is 3. The molecule has 0 aromatic heterocycles. The zero-order valence-electron chi connectivity index (χ0n) is 23.0. The second kappa shape index (κ2) is 10.5. The van der Waals surface area contributed by atoms with Gasteiger partial charge in [-0.3, -0.25) is 19.2 Å². The summed E-state index contributed by atoms with van der Waals surface area (Å²) in [7, 11) is 0. The molecule has 5 saturated carbocycles. The van der Waals surface area contributed by atoms with Crippen molar-refractivity contribution in [1.29, 1.82) is 5.26 Å². The maximum absolute atomic E-state index is 14.5. The molecule has 0 aromatic rings. The van der Waals surface area contributed by atoms with Crippen molar-refractivity contribution in [3.63, 3.8) is 0 Å². The standard InChI is InChI=1S/C29H38F3N5O4/c30-29(31,32)27(41)36-23(28-11-15-7-16(12-28)9-17(8-15)13-28)26(40)37-21-3-1-18(2-4-21)22(37)25(39)35-20(14-33)10-19-5-6-34-24(19)38/h15-23H,1-13H2,(H,34,38)(H,35,39)(H,36,41)/t15?,16?,17?,18-,19-,20-,21+,22-,23+,28?/m0/s1. The van der Waals surface area contributed by atoms with Gasteiger partial charge in [0.05, 0.1) is 6.07 Å². The monoisotopic (exact) mass is 577 g/mol. The smallest absolute Gasteiger partial charge is 0.356 e. The van der Waals surface area contributed by atoms with Gasteiger partial charge < -0.3 is 20.9 Å². The number of carbonyl (C=O) groups is 4. The predicted octanol–water partition coefficient (Wildman–Crippen LogP) is 2.55. The van der Waals surface area contributed by atoms with Crippen molar-refractivity contribution in [2.75, 3.05) is 6.54 Å². The average Bonchev–Trinajstić information content (AvgIpc) is 3.33. The lowest BCUT2D eigenvalue weighted by Crippen LogP contribution is -2.70. The average molecular weight is 578 g/mol. The Kier molecular flexibility index (Phi) is 7.22. The third-order valence-electron chi connectivity index (χ3n) is 11.0. The van der Waals surface area contributed by atoms with Crippen LogP contribution in [0, 0.1) is 46.3 Å². The number of amides is 4. The predicted molar refractivity (Wildman–Crippen MR) is 138 cm³/mol. The van der Waals surface area contributed by atoms with Crippen LogP contribution in [-0.2, 0) is 19.2 Å². The van der Waals surface area contributed by atoms with E-state index in [2.05, 4.69) is 22.0 Å². The van der Waals surface area contributed by atoms with Crippen molar-refractivity contribution in [3.8, 4) is 6.07 Å². The molecule has 41 heavy (non-hydrogen) atoms. The molecule has 8 aliphatic rings. The maximum atomic E-state index is 14.5. The zero-order valence-corrected chi connectivity index (χ0v) is 23.0. The van der Waals surface area contributed by atoms with Crippen molar-refractivity contribution in [2.45, 2.75) is 107 Å². The lowest BCUT2D eigenvalue weighted by molar-refractivity contribution is -0.181. The number of hydrogen-bond donors (Lipinski definition) is 3. The van der Waals surface area contributed by atoms with E-state index >= 15 is 0 Å². The fourth-order valence-corrected chi connectivity index (χ4v) is 9.73. The molecule has 4 atom stereocenters. The van der Waals surface area contributed by atoms with E-state index in [9.17, 15) is 37.6 Å². The fraction of sp³-hybridized carbons (Fsp3) is 0.828. The minimum absolute atomic E-state index is 0.153. The van der Waals surface area contributed by atoms with Crippen molar-refractivity contribution < 1.29 is 32.3 Å². The maximum Gasteiger partial charge on any atom is 0.471 e. The molecule has 0 aromatic carbocycles. The van der Waals surface area contributed by atoms with Crippen LogP contribution in [0.15, 0.2) is 0 Å². The van der Waals surface area contributed by atoms with Crippen molar-refractivity contribution in [3.05, 3.63) is 0 Å². The highest BCUT2D eigenvalue weighted by atomic mass is 19.4. The molecule has 0 spiro atoms. The third kappa shape index (κ3) is 5.18. The highest BCUT2D eigenvalue weighted by Gasteiger charge is 2.60. The molecule has 9 nitrogen and oxygen atoms in total. The number of alkyl halides is 3. The number of carbonyl (C=O) groups excluding carboxylic acids is 4. The van der Waals surface area contributed by atoms with Crippen LogP contribution in [-0.4, -0.2) is 65.4 Å². The zero-order chi connectivity index (χ0) is 29.1. The molecular weight excluding hydrogens is 539 g/mol. The minimum Gasteiger partial charge on any atom is -0.356 e. The second-order valence-corrected chi connectivity index (χ2v) is 13.6. The molecule has 6 bridgehead atoms. The first kappa shape index (κ1) is 28.3. The van der Waals surface area contributed by atoms with Crippen LogP contribution >= 0.6 is 0 Å². The second-order valence-electron chi connectivity index (χ2n) is 13.6. The quantitative estimate of drug-likeness (QED) is 0.428. The molecule has 3 saturated heterocycles. The number of nitriles is 1. The van der Waals surface area contributed by atoms with Gasteiger partial charge in [0.15, 0.2) is 0 Å². The molecule has 3 aliphatic heterocycles. The highest BCUT2D eigenvalue weighted by Crippen LogP contribution is 2.61. The molecule has 5 aliphatic carbocycles. The molecular formula is C29H38F3N5O4.